The van der Waals surface area contributed by atoms with Crippen LogP contribution in [-0.2, 0) is 43.3 Å². The Morgan fingerprint density at radius 2 is 0.919 bits per heavy atom. The van der Waals surface area contributed by atoms with Gasteiger partial charge in [-0.05, 0) is 207 Å². The van der Waals surface area contributed by atoms with Crippen LogP contribution in [0.1, 0.15) is 212 Å². The largest absolute Gasteiger partial charge is 0.313 e. The lowest BCUT2D eigenvalue weighted by Gasteiger charge is -2.47. The highest BCUT2D eigenvalue weighted by Gasteiger charge is 2.52. The Morgan fingerprint density at radius 1 is 0.432 bits per heavy atom. The van der Waals surface area contributed by atoms with Gasteiger partial charge in [0.25, 0.3) is 6.71 Å². The molecule has 0 fully saturated rings. The number of hydrogen-bond donors (Lipinski definition) is 0. The number of fused-ring (bicyclic) bond motifs is 11. The van der Waals surface area contributed by atoms with E-state index in [9.17, 15) is 0 Å². The zero-order chi connectivity index (χ0) is 52.4. The van der Waals surface area contributed by atoms with Gasteiger partial charge in [0.05, 0.1) is 11.2 Å². The Kier molecular flexibility index (Phi) is 9.95. The average molecular weight is 996 g/mol. The van der Waals surface area contributed by atoms with Gasteiger partial charge >= 0.3 is 0 Å². The predicted molar refractivity (Wildman–Crippen MR) is 321 cm³/mol. The van der Waals surface area contributed by atoms with Crippen LogP contribution in [-0.4, -0.2) is 11.3 Å². The summed E-state index contributed by atoms with van der Waals surface area (Å²) >= 11 is 2.16. The van der Waals surface area contributed by atoms with Crippen molar-refractivity contribution in [1.29, 1.82) is 0 Å². The molecular formula is C69H82BN3S. The van der Waals surface area contributed by atoms with Crippen molar-refractivity contribution in [3.05, 3.63) is 141 Å². The lowest BCUT2D eigenvalue weighted by molar-refractivity contribution is 0.324. The molecule has 2 aromatic heterocycles. The van der Waals surface area contributed by atoms with Crippen molar-refractivity contribution in [2.45, 2.75) is 212 Å². The lowest BCUT2D eigenvalue weighted by atomic mass is 9.36. The summed E-state index contributed by atoms with van der Waals surface area (Å²) in [5.41, 5.74) is 26.0. The normalized spacial score (nSPS) is 22.2. The molecule has 4 aliphatic carbocycles. The molecular weight excluding hydrogens is 914 g/mol. The zero-order valence-electron chi connectivity index (χ0n) is 48.1. The van der Waals surface area contributed by atoms with Gasteiger partial charge in [-0.15, -0.1) is 0 Å². The molecule has 0 atom stereocenters. The highest BCUT2D eigenvalue weighted by Crippen LogP contribution is 2.59. The van der Waals surface area contributed by atoms with E-state index in [2.05, 4.69) is 234 Å². The maximum absolute atomic E-state index is 2.81. The number of aryl methyl sites for hydroxylation is 1. The van der Waals surface area contributed by atoms with Crippen LogP contribution in [0.5, 0.6) is 0 Å². The molecule has 0 saturated carbocycles. The quantitative estimate of drug-likeness (QED) is 0.163. The first-order chi connectivity index (χ1) is 34.5. The maximum atomic E-state index is 2.81. The van der Waals surface area contributed by atoms with E-state index in [1.807, 2.05) is 0 Å². The minimum atomic E-state index is -0.00876. The summed E-state index contributed by atoms with van der Waals surface area (Å²) < 4.78 is 4.23. The van der Waals surface area contributed by atoms with Gasteiger partial charge in [-0.3, -0.25) is 0 Å². The fourth-order valence-corrected chi connectivity index (χ4v) is 17.4. The van der Waals surface area contributed by atoms with Crippen molar-refractivity contribution in [2.24, 2.45) is 0 Å². The van der Waals surface area contributed by atoms with Crippen molar-refractivity contribution in [3.8, 4) is 5.69 Å². The molecule has 6 aliphatic rings. The number of rotatable bonds is 3. The number of anilines is 6. The van der Waals surface area contributed by atoms with Gasteiger partial charge in [0, 0.05) is 60.3 Å². The van der Waals surface area contributed by atoms with Gasteiger partial charge < -0.3 is 14.4 Å². The van der Waals surface area contributed by atoms with Crippen LogP contribution in [0.25, 0.3) is 16.6 Å². The van der Waals surface area contributed by atoms with E-state index in [0.29, 0.717) is 0 Å². The molecule has 382 valence electrons. The highest BCUT2D eigenvalue weighted by atomic mass is 32.1. The van der Waals surface area contributed by atoms with E-state index in [1.165, 1.54) is 144 Å². The molecule has 0 spiro atoms. The van der Waals surface area contributed by atoms with E-state index in [4.69, 9.17) is 0 Å². The second-order valence-corrected chi connectivity index (χ2v) is 30.7. The highest BCUT2D eigenvalue weighted by molar-refractivity contribution is 7.29. The second-order valence-electron chi connectivity index (χ2n) is 29.7. The van der Waals surface area contributed by atoms with E-state index in [1.54, 1.807) is 10.4 Å². The van der Waals surface area contributed by atoms with Crippen LogP contribution >= 0.6 is 11.3 Å². The van der Waals surface area contributed by atoms with Crippen LogP contribution in [0.15, 0.2) is 91.0 Å². The van der Waals surface area contributed by atoms with Crippen molar-refractivity contribution in [1.82, 2.24) is 4.57 Å². The molecule has 5 aromatic carbocycles. The predicted octanol–water partition coefficient (Wildman–Crippen LogP) is 17.5. The number of nitrogens with zero attached hydrogens (tertiary/aromatic N) is 3. The van der Waals surface area contributed by atoms with E-state index < -0.39 is 0 Å². The summed E-state index contributed by atoms with van der Waals surface area (Å²) in [5, 5.41) is 1.41. The zero-order valence-corrected chi connectivity index (χ0v) is 49.0. The van der Waals surface area contributed by atoms with E-state index in [-0.39, 0.29) is 50.0 Å². The third-order valence-electron chi connectivity index (χ3n) is 20.7. The SMILES string of the molecule is Cc1cc2c3c(c1)N(c1ccc4c(c1)C(C)(C)CCC4(C)C)c1c(sc4c1C(C)(C)CCC4(C)C)B3c1cc3c(cc1N2c1ccc2c(c1)C(C)(C)CCC2(C)C)c1c(n3-c2ccccc2)C(C)(C)CCC1(C)C. The summed E-state index contributed by atoms with van der Waals surface area (Å²) in [7, 11) is 0. The summed E-state index contributed by atoms with van der Waals surface area (Å²) in [6, 6.07) is 37.3. The summed E-state index contributed by atoms with van der Waals surface area (Å²) in [6.07, 6.45) is 9.46. The number of hydrogen-bond acceptors (Lipinski definition) is 3. The molecule has 74 heavy (non-hydrogen) atoms. The van der Waals surface area contributed by atoms with Crippen LogP contribution in [0.2, 0.25) is 0 Å². The first-order valence-corrected chi connectivity index (χ1v) is 29.4. The van der Waals surface area contributed by atoms with E-state index in [0.717, 1.165) is 12.8 Å². The molecule has 7 aromatic rings. The Hall–Kier alpha value is -5.00. The van der Waals surface area contributed by atoms with Gasteiger partial charge in [-0.2, -0.15) is 11.3 Å². The summed E-state index contributed by atoms with van der Waals surface area (Å²) in [5.74, 6) is 0. The first-order valence-electron chi connectivity index (χ1n) is 28.6. The molecule has 5 heteroatoms. The Labute approximate surface area is 449 Å². The van der Waals surface area contributed by atoms with Crippen LogP contribution in [0.3, 0.4) is 0 Å². The Bertz CT molecular complexity index is 3550. The maximum Gasteiger partial charge on any atom is 0.264 e. The minimum absolute atomic E-state index is 0.00109. The molecule has 3 nitrogen and oxygen atoms in total. The first kappa shape index (κ1) is 48.6. The van der Waals surface area contributed by atoms with Crippen molar-refractivity contribution >= 4 is 78.8 Å². The smallest absolute Gasteiger partial charge is 0.264 e. The molecule has 0 radical (unpaired) electrons. The van der Waals surface area contributed by atoms with Crippen molar-refractivity contribution in [3.63, 3.8) is 0 Å². The van der Waals surface area contributed by atoms with Crippen molar-refractivity contribution < 1.29 is 0 Å². The van der Waals surface area contributed by atoms with Gasteiger partial charge in [0.1, 0.15) is 0 Å². The number of thiophene rings is 1. The van der Waals surface area contributed by atoms with Gasteiger partial charge in [-0.1, -0.05) is 141 Å². The van der Waals surface area contributed by atoms with Crippen LogP contribution in [0.4, 0.5) is 34.1 Å². The third kappa shape index (κ3) is 6.68. The topological polar surface area (TPSA) is 11.4 Å². The average Bonchev–Trinajstić information content (AvgIpc) is 3.93. The second kappa shape index (κ2) is 15.1. The van der Waals surface area contributed by atoms with Gasteiger partial charge in [-0.25, -0.2) is 0 Å². The standard InChI is InChI=1S/C69H82BN3S/c1-41-35-53-57-54(36-41)72(44-24-26-47-49(38-44)65(8,9)30-28-63(47,4)5)58-56-60(69(16,17)34-32-67(56,12)13)74-61(58)70(57)50-40-51-45(55-59(68(14,15)33-31-66(55,10)11)73(51)42-21-19-18-20-22-42)39-52(50)71(53)43-23-25-46-48(37-43)64(6,7)29-27-62(46,2)3/h18-26,35-40H,27-34H2,1-17H3. The molecule has 2 aliphatic heterocycles. The number of para-hydroxylation sites is 1. The van der Waals surface area contributed by atoms with Gasteiger partial charge in [0.15, 0.2) is 0 Å². The van der Waals surface area contributed by atoms with E-state index >= 15 is 0 Å². The summed E-state index contributed by atoms with van der Waals surface area (Å²) in [4.78, 5) is 7.15. The molecule has 0 N–H and O–H groups in total. The van der Waals surface area contributed by atoms with Gasteiger partial charge in [0.2, 0.25) is 0 Å². The number of benzene rings is 5. The molecule has 13 rings (SSSR count). The molecule has 0 bridgehead atoms. The Morgan fingerprint density at radius 3 is 1.50 bits per heavy atom. The van der Waals surface area contributed by atoms with Crippen molar-refractivity contribution in [2.75, 3.05) is 9.80 Å². The molecule has 4 heterocycles. The van der Waals surface area contributed by atoms with Crippen LogP contribution in [0, 0.1) is 6.92 Å². The summed E-state index contributed by atoms with van der Waals surface area (Å²) in [6.45, 7) is 42.5. The fraction of sp³-hybridized carbons (Fsp3) is 0.478. The monoisotopic (exact) mass is 996 g/mol. The molecule has 0 amide bonds. The third-order valence-corrected chi connectivity index (χ3v) is 22.3. The Balaban J connectivity index is 1.19. The lowest BCUT2D eigenvalue weighted by Crippen LogP contribution is -2.60. The molecule has 0 unspecified atom stereocenters. The fourth-order valence-electron chi connectivity index (χ4n) is 15.7. The molecule has 0 saturated heterocycles. The number of aromatic nitrogens is 1. The van der Waals surface area contributed by atoms with Crippen LogP contribution < -0.4 is 25.5 Å². The minimum Gasteiger partial charge on any atom is -0.313 e.